The second kappa shape index (κ2) is 7.05. The lowest BCUT2D eigenvalue weighted by Gasteiger charge is -2.17. The number of nitrogens with zero attached hydrogens (tertiary/aromatic N) is 1. The number of carbonyl (C=O) groups excluding carboxylic acids is 2. The fraction of sp³-hybridized carbons (Fsp3) is 0.222. The summed E-state index contributed by atoms with van der Waals surface area (Å²) in [5.74, 6) is 0.565. The first-order valence-electron chi connectivity index (χ1n) is 7.57. The van der Waals surface area contributed by atoms with E-state index in [-0.39, 0.29) is 17.9 Å². The SMILES string of the molecule is COc1ccc(N2C[C@H](NC(=O)c3cccc(Br)c3)CC2=O)cc1. The van der Waals surface area contributed by atoms with Gasteiger partial charge < -0.3 is 15.0 Å². The zero-order valence-electron chi connectivity index (χ0n) is 13.2. The number of amides is 2. The molecule has 24 heavy (non-hydrogen) atoms. The van der Waals surface area contributed by atoms with Gasteiger partial charge in [-0.15, -0.1) is 0 Å². The van der Waals surface area contributed by atoms with E-state index in [0.717, 1.165) is 15.9 Å². The molecule has 0 unspecified atom stereocenters. The van der Waals surface area contributed by atoms with Crippen LogP contribution in [0, 0.1) is 0 Å². The highest BCUT2D eigenvalue weighted by molar-refractivity contribution is 9.10. The van der Waals surface area contributed by atoms with Crippen LogP contribution in [0.25, 0.3) is 0 Å². The lowest BCUT2D eigenvalue weighted by Crippen LogP contribution is -2.37. The molecule has 0 radical (unpaired) electrons. The average molecular weight is 389 g/mol. The Morgan fingerprint density at radius 2 is 2.00 bits per heavy atom. The first kappa shape index (κ1) is 16.5. The Bertz CT molecular complexity index is 761. The van der Waals surface area contributed by atoms with Crippen LogP contribution < -0.4 is 15.0 Å². The number of rotatable bonds is 4. The van der Waals surface area contributed by atoms with Crippen molar-refractivity contribution in [2.75, 3.05) is 18.6 Å². The second-order valence-electron chi connectivity index (χ2n) is 5.59. The van der Waals surface area contributed by atoms with Gasteiger partial charge in [0.2, 0.25) is 5.91 Å². The van der Waals surface area contributed by atoms with E-state index in [2.05, 4.69) is 21.2 Å². The standard InChI is InChI=1S/C18H17BrN2O3/c1-24-16-7-5-15(6-8-16)21-11-14(10-17(21)22)20-18(23)12-3-2-4-13(19)9-12/h2-9,14H,10-11H2,1H3,(H,20,23)/t14-/m1/s1. The summed E-state index contributed by atoms with van der Waals surface area (Å²) in [4.78, 5) is 26.2. The van der Waals surface area contributed by atoms with Gasteiger partial charge >= 0.3 is 0 Å². The topological polar surface area (TPSA) is 58.6 Å². The smallest absolute Gasteiger partial charge is 0.251 e. The molecule has 2 aromatic carbocycles. The molecule has 0 aromatic heterocycles. The molecule has 0 aliphatic carbocycles. The van der Waals surface area contributed by atoms with E-state index in [9.17, 15) is 9.59 Å². The minimum atomic E-state index is -0.203. The van der Waals surface area contributed by atoms with Gasteiger partial charge in [-0.05, 0) is 42.5 Å². The van der Waals surface area contributed by atoms with E-state index in [1.807, 2.05) is 36.4 Å². The molecular formula is C18H17BrN2O3. The third-order valence-electron chi connectivity index (χ3n) is 3.93. The maximum absolute atomic E-state index is 12.3. The van der Waals surface area contributed by atoms with Gasteiger partial charge in [-0.1, -0.05) is 22.0 Å². The number of carbonyl (C=O) groups is 2. The molecule has 0 bridgehead atoms. The molecule has 1 N–H and O–H groups in total. The summed E-state index contributed by atoms with van der Waals surface area (Å²) in [5, 5.41) is 2.93. The summed E-state index contributed by atoms with van der Waals surface area (Å²) in [6.07, 6.45) is 0.297. The number of ether oxygens (including phenoxy) is 1. The molecule has 1 atom stereocenters. The van der Waals surface area contributed by atoms with Crippen molar-refractivity contribution in [2.45, 2.75) is 12.5 Å². The average Bonchev–Trinajstić information content (AvgIpc) is 2.95. The van der Waals surface area contributed by atoms with Crippen LogP contribution in [0.3, 0.4) is 0 Å². The fourth-order valence-corrected chi connectivity index (χ4v) is 3.11. The van der Waals surface area contributed by atoms with E-state index in [0.29, 0.717) is 18.5 Å². The van der Waals surface area contributed by atoms with Crippen molar-refractivity contribution in [1.29, 1.82) is 0 Å². The highest BCUT2D eigenvalue weighted by atomic mass is 79.9. The first-order valence-corrected chi connectivity index (χ1v) is 8.37. The molecule has 3 rings (SSSR count). The zero-order valence-corrected chi connectivity index (χ0v) is 14.7. The summed E-state index contributed by atoms with van der Waals surface area (Å²) < 4.78 is 5.97. The van der Waals surface area contributed by atoms with Crippen molar-refractivity contribution < 1.29 is 14.3 Å². The molecule has 1 aliphatic heterocycles. The second-order valence-corrected chi connectivity index (χ2v) is 6.50. The van der Waals surface area contributed by atoms with Crippen LogP contribution in [0.2, 0.25) is 0 Å². The number of halogens is 1. The summed E-state index contributed by atoms with van der Waals surface area (Å²) in [6, 6.07) is 14.3. The van der Waals surface area contributed by atoms with E-state index in [4.69, 9.17) is 4.74 Å². The van der Waals surface area contributed by atoms with E-state index in [1.54, 1.807) is 24.1 Å². The van der Waals surface area contributed by atoms with Crippen molar-refractivity contribution in [2.24, 2.45) is 0 Å². The molecule has 5 nitrogen and oxygen atoms in total. The van der Waals surface area contributed by atoms with Crippen LogP contribution in [0.1, 0.15) is 16.8 Å². The van der Waals surface area contributed by atoms with Gasteiger partial charge in [0.15, 0.2) is 0 Å². The van der Waals surface area contributed by atoms with Crippen LogP contribution in [0.15, 0.2) is 53.0 Å². The van der Waals surface area contributed by atoms with Gasteiger partial charge in [0, 0.05) is 28.7 Å². The number of hydrogen-bond acceptors (Lipinski definition) is 3. The van der Waals surface area contributed by atoms with Gasteiger partial charge in [0.1, 0.15) is 5.75 Å². The molecule has 1 saturated heterocycles. The number of benzene rings is 2. The minimum absolute atomic E-state index is 0.000269. The maximum atomic E-state index is 12.3. The van der Waals surface area contributed by atoms with E-state index < -0.39 is 0 Å². The quantitative estimate of drug-likeness (QED) is 0.875. The first-order chi connectivity index (χ1) is 11.6. The monoisotopic (exact) mass is 388 g/mol. The van der Waals surface area contributed by atoms with Gasteiger partial charge in [-0.2, -0.15) is 0 Å². The van der Waals surface area contributed by atoms with Gasteiger partial charge in [0.05, 0.1) is 13.2 Å². The zero-order chi connectivity index (χ0) is 17.1. The number of methoxy groups -OCH3 is 1. The van der Waals surface area contributed by atoms with Crippen LogP contribution in [0.5, 0.6) is 5.75 Å². The third-order valence-corrected chi connectivity index (χ3v) is 4.42. The summed E-state index contributed by atoms with van der Waals surface area (Å²) in [6.45, 7) is 0.463. The van der Waals surface area contributed by atoms with Crippen LogP contribution in [0.4, 0.5) is 5.69 Å². The van der Waals surface area contributed by atoms with Crippen LogP contribution in [-0.4, -0.2) is 31.5 Å². The van der Waals surface area contributed by atoms with Gasteiger partial charge in [-0.25, -0.2) is 0 Å². The van der Waals surface area contributed by atoms with Crippen LogP contribution in [-0.2, 0) is 4.79 Å². The summed E-state index contributed by atoms with van der Waals surface area (Å²) in [5.41, 5.74) is 1.37. The number of nitrogens with one attached hydrogen (secondary N) is 1. The Labute approximate surface area is 148 Å². The highest BCUT2D eigenvalue weighted by Crippen LogP contribution is 2.24. The predicted octanol–water partition coefficient (Wildman–Crippen LogP) is 2.99. The molecule has 2 amide bonds. The molecule has 1 aliphatic rings. The molecule has 6 heteroatoms. The van der Waals surface area contributed by atoms with Crippen molar-refractivity contribution in [3.63, 3.8) is 0 Å². The molecule has 0 spiro atoms. The van der Waals surface area contributed by atoms with Gasteiger partial charge in [0.25, 0.3) is 5.91 Å². The molecule has 124 valence electrons. The number of anilines is 1. The largest absolute Gasteiger partial charge is 0.497 e. The normalized spacial score (nSPS) is 17.0. The van der Waals surface area contributed by atoms with Crippen molar-refractivity contribution in [1.82, 2.24) is 5.32 Å². The Balaban J connectivity index is 1.67. The minimum Gasteiger partial charge on any atom is -0.497 e. The Hall–Kier alpha value is -2.34. The third kappa shape index (κ3) is 3.59. The maximum Gasteiger partial charge on any atom is 0.251 e. The van der Waals surface area contributed by atoms with Gasteiger partial charge in [-0.3, -0.25) is 9.59 Å². The Morgan fingerprint density at radius 3 is 2.67 bits per heavy atom. The lowest BCUT2D eigenvalue weighted by molar-refractivity contribution is -0.117. The van der Waals surface area contributed by atoms with Crippen molar-refractivity contribution >= 4 is 33.4 Å². The van der Waals surface area contributed by atoms with E-state index in [1.165, 1.54) is 0 Å². The number of hydrogen-bond donors (Lipinski definition) is 1. The summed E-state index contributed by atoms with van der Waals surface area (Å²) >= 11 is 3.35. The molecule has 0 saturated carbocycles. The van der Waals surface area contributed by atoms with E-state index >= 15 is 0 Å². The highest BCUT2D eigenvalue weighted by Gasteiger charge is 2.31. The fourth-order valence-electron chi connectivity index (χ4n) is 2.71. The Kier molecular flexibility index (Phi) is 4.85. The Morgan fingerprint density at radius 1 is 1.25 bits per heavy atom. The molecular weight excluding hydrogens is 372 g/mol. The lowest BCUT2D eigenvalue weighted by atomic mass is 10.2. The predicted molar refractivity (Wildman–Crippen MR) is 95.4 cm³/mol. The molecule has 1 fully saturated rings. The van der Waals surface area contributed by atoms with Crippen LogP contribution >= 0.6 is 15.9 Å². The summed E-state index contributed by atoms with van der Waals surface area (Å²) in [7, 11) is 1.60. The molecule has 1 heterocycles. The molecule has 2 aromatic rings. The van der Waals surface area contributed by atoms with Crippen molar-refractivity contribution in [3.05, 3.63) is 58.6 Å². The van der Waals surface area contributed by atoms with Crippen molar-refractivity contribution in [3.8, 4) is 5.75 Å².